The fraction of sp³-hybridized carbons (Fsp3) is 0.190. The zero-order valence-corrected chi connectivity index (χ0v) is 17.9. The molecule has 11 heteroatoms. The molecule has 0 bridgehead atoms. The van der Waals surface area contributed by atoms with Crippen LogP contribution in [0.2, 0.25) is 0 Å². The van der Waals surface area contributed by atoms with Crippen LogP contribution in [0.4, 0.5) is 0 Å². The van der Waals surface area contributed by atoms with Gasteiger partial charge in [-0.15, -0.1) is 0 Å². The normalized spacial score (nSPS) is 11.6. The van der Waals surface area contributed by atoms with Crippen molar-refractivity contribution in [3.8, 4) is 34.1 Å². The van der Waals surface area contributed by atoms with Crippen LogP contribution in [-0.4, -0.2) is 56.3 Å². The highest BCUT2D eigenvalue weighted by Crippen LogP contribution is 2.35. The van der Waals surface area contributed by atoms with Gasteiger partial charge in [-0.05, 0) is 0 Å². The molecule has 0 fully saturated rings. The zero-order valence-electron chi connectivity index (χ0n) is 17.9. The first-order valence-corrected chi connectivity index (χ1v) is 9.69. The third-order valence-corrected chi connectivity index (χ3v) is 4.79. The number of amidine groups is 1. The number of hydrazone groups is 1. The molecule has 0 saturated heterocycles. The van der Waals surface area contributed by atoms with Crippen LogP contribution in [-0.2, 0) is 7.05 Å². The average molecular weight is 433 g/mol. The van der Waals surface area contributed by atoms with Gasteiger partial charge in [0.2, 0.25) is 0 Å². The van der Waals surface area contributed by atoms with Gasteiger partial charge in [-0.3, -0.25) is 9.69 Å². The monoisotopic (exact) mass is 433 g/mol. The molecule has 164 valence electrons. The molecule has 0 spiro atoms. The summed E-state index contributed by atoms with van der Waals surface area (Å²) in [5.41, 5.74) is 4.34. The summed E-state index contributed by atoms with van der Waals surface area (Å²) in [6.45, 7) is 0.00352. The average Bonchev–Trinajstić information content (AvgIpc) is 3.20. The molecule has 0 aliphatic heterocycles. The Hall–Kier alpha value is -4.25. The van der Waals surface area contributed by atoms with Gasteiger partial charge in [0.05, 0.1) is 12.6 Å². The van der Waals surface area contributed by atoms with Crippen LogP contribution in [0.1, 0.15) is 0 Å². The van der Waals surface area contributed by atoms with Gasteiger partial charge in [-0.1, -0.05) is 30.3 Å². The number of fused-ring (bicyclic) bond motifs is 1. The zero-order chi connectivity index (χ0) is 22.7. The minimum Gasteiger partial charge on any atom is -0.491 e. The van der Waals surface area contributed by atoms with E-state index in [1.165, 1.54) is 18.4 Å². The maximum Gasteiger partial charge on any atom is 0.258 e. The predicted octanol–water partition coefficient (Wildman–Crippen LogP) is 1.56. The third kappa shape index (κ3) is 4.01. The van der Waals surface area contributed by atoms with Gasteiger partial charge in [0.15, 0.2) is 18.2 Å². The largest absolute Gasteiger partial charge is 0.491 e. The number of methoxy groups -OCH3 is 1. The predicted molar refractivity (Wildman–Crippen MR) is 121 cm³/mol. The molecule has 1 aromatic carbocycles. The molecule has 0 radical (unpaired) electrons. The number of nitrogens with zero attached hydrogens (tertiary/aromatic N) is 7. The summed E-state index contributed by atoms with van der Waals surface area (Å²) in [5, 5.41) is 9.52. The number of aryl methyl sites for hydroxylation is 1. The second kappa shape index (κ2) is 8.86. The second-order valence-electron chi connectivity index (χ2n) is 6.96. The number of benzene rings is 1. The van der Waals surface area contributed by atoms with E-state index in [-0.39, 0.29) is 12.5 Å². The lowest BCUT2D eigenvalue weighted by molar-refractivity contribution is 0.311. The van der Waals surface area contributed by atoms with E-state index in [2.05, 4.69) is 25.2 Å². The first-order chi connectivity index (χ1) is 15.5. The molecule has 0 aliphatic rings. The van der Waals surface area contributed by atoms with Gasteiger partial charge in [0.1, 0.15) is 23.2 Å². The highest BCUT2D eigenvalue weighted by molar-refractivity contribution is 5.94. The lowest BCUT2D eigenvalue weighted by Gasteiger charge is -2.16. The molecular weight excluding hydrogens is 410 g/mol. The third-order valence-electron chi connectivity index (χ3n) is 4.79. The minimum atomic E-state index is 0.00352. The number of pyridine rings is 1. The van der Waals surface area contributed by atoms with Gasteiger partial charge >= 0.3 is 0 Å². The van der Waals surface area contributed by atoms with Crippen molar-refractivity contribution in [1.82, 2.24) is 29.7 Å². The topological polar surface area (TPSA) is 143 Å². The summed E-state index contributed by atoms with van der Waals surface area (Å²) in [7, 11) is 5.00. The molecule has 0 amide bonds. The van der Waals surface area contributed by atoms with Crippen LogP contribution in [0.5, 0.6) is 11.6 Å². The summed E-state index contributed by atoms with van der Waals surface area (Å²) in [6, 6.07) is 11.6. The van der Waals surface area contributed by atoms with Gasteiger partial charge < -0.3 is 15.3 Å². The minimum absolute atomic E-state index is 0.00352. The van der Waals surface area contributed by atoms with E-state index in [1.54, 1.807) is 17.8 Å². The Labute approximate surface area is 184 Å². The van der Waals surface area contributed by atoms with E-state index >= 15 is 0 Å². The van der Waals surface area contributed by atoms with Crippen LogP contribution >= 0.6 is 0 Å². The van der Waals surface area contributed by atoms with Crippen LogP contribution in [0.25, 0.3) is 33.5 Å². The second-order valence-corrected chi connectivity index (χ2v) is 6.96. The number of nitrogens with two attached hydrogens (primary N) is 2. The van der Waals surface area contributed by atoms with Crippen molar-refractivity contribution in [1.29, 1.82) is 0 Å². The van der Waals surface area contributed by atoms with Gasteiger partial charge in [-0.2, -0.15) is 10.2 Å². The summed E-state index contributed by atoms with van der Waals surface area (Å²) >= 11 is 0. The summed E-state index contributed by atoms with van der Waals surface area (Å²) in [4.78, 5) is 13.5. The van der Waals surface area contributed by atoms with Crippen LogP contribution < -0.4 is 21.2 Å². The van der Waals surface area contributed by atoms with E-state index in [4.69, 9.17) is 21.2 Å². The summed E-state index contributed by atoms with van der Waals surface area (Å²) in [6.07, 6.45) is 3.39. The Balaban J connectivity index is 1.84. The van der Waals surface area contributed by atoms with Gasteiger partial charge in [-0.25, -0.2) is 20.8 Å². The van der Waals surface area contributed by atoms with E-state index in [0.29, 0.717) is 28.3 Å². The fourth-order valence-electron chi connectivity index (χ4n) is 3.23. The SMILES string of the molecule is COc1cc2ncnc(-c3cn(C)nc3-c3ccccc3)c2nc1OC/C(=N/N)N(C)N. The van der Waals surface area contributed by atoms with Gasteiger partial charge in [0, 0.05) is 37.5 Å². The number of hydrazine groups is 1. The lowest BCUT2D eigenvalue weighted by atomic mass is 10.0. The van der Waals surface area contributed by atoms with Crippen molar-refractivity contribution in [2.75, 3.05) is 20.8 Å². The van der Waals surface area contributed by atoms with E-state index < -0.39 is 0 Å². The molecule has 0 atom stereocenters. The van der Waals surface area contributed by atoms with Crippen molar-refractivity contribution < 1.29 is 9.47 Å². The molecule has 4 N–H and O–H groups in total. The highest BCUT2D eigenvalue weighted by atomic mass is 16.5. The maximum absolute atomic E-state index is 5.82. The molecule has 4 rings (SSSR count). The molecule has 0 aliphatic carbocycles. The molecule has 11 nitrogen and oxygen atoms in total. The van der Waals surface area contributed by atoms with Crippen molar-refractivity contribution >= 4 is 16.9 Å². The Morgan fingerprint density at radius 3 is 2.66 bits per heavy atom. The molecular formula is C21H23N9O2. The first kappa shape index (κ1) is 21.0. The van der Waals surface area contributed by atoms with Crippen LogP contribution in [0.3, 0.4) is 0 Å². The van der Waals surface area contributed by atoms with Gasteiger partial charge in [0.25, 0.3) is 5.88 Å². The Morgan fingerprint density at radius 1 is 1.19 bits per heavy atom. The number of aromatic nitrogens is 5. The number of hydrogen-bond donors (Lipinski definition) is 2. The number of hydrogen-bond acceptors (Lipinski definition) is 9. The molecule has 3 aromatic heterocycles. The van der Waals surface area contributed by atoms with Crippen molar-refractivity contribution in [3.63, 3.8) is 0 Å². The molecule has 4 aromatic rings. The van der Waals surface area contributed by atoms with Crippen molar-refractivity contribution in [2.45, 2.75) is 0 Å². The Kier molecular flexibility index (Phi) is 5.81. The van der Waals surface area contributed by atoms with E-state index in [0.717, 1.165) is 16.8 Å². The molecule has 0 saturated carbocycles. The van der Waals surface area contributed by atoms with Crippen LogP contribution in [0.15, 0.2) is 54.0 Å². The standard InChI is InChI=1S/C21H23N9O2/c1-29-10-14(18(28-29)13-7-5-4-6-8-13)19-20-15(24-12-25-19)9-16(31-3)21(26-20)32-11-17(27-22)30(2)23/h4-10,12H,11,22-23H2,1-3H3/b27-17-. The molecule has 32 heavy (non-hydrogen) atoms. The molecule has 0 unspecified atom stereocenters. The quantitative estimate of drug-likeness (QED) is 0.200. The smallest absolute Gasteiger partial charge is 0.258 e. The summed E-state index contributed by atoms with van der Waals surface area (Å²) in [5.74, 6) is 12.1. The first-order valence-electron chi connectivity index (χ1n) is 9.69. The number of ether oxygens (including phenoxy) is 2. The van der Waals surface area contributed by atoms with Crippen molar-refractivity contribution in [3.05, 3.63) is 48.9 Å². The highest BCUT2D eigenvalue weighted by Gasteiger charge is 2.20. The van der Waals surface area contributed by atoms with Crippen LogP contribution in [0, 0.1) is 0 Å². The van der Waals surface area contributed by atoms with Crippen molar-refractivity contribution in [2.24, 2.45) is 23.8 Å². The number of likely N-dealkylation sites (N-methyl/N-ethyl adjacent to an activating group) is 1. The fourth-order valence-corrected chi connectivity index (χ4v) is 3.23. The Morgan fingerprint density at radius 2 is 1.97 bits per heavy atom. The number of rotatable bonds is 6. The maximum atomic E-state index is 5.82. The van der Waals surface area contributed by atoms with E-state index in [9.17, 15) is 0 Å². The summed E-state index contributed by atoms with van der Waals surface area (Å²) < 4.78 is 13.0. The molecule has 3 heterocycles. The Bertz CT molecular complexity index is 1270. The van der Waals surface area contributed by atoms with E-state index in [1.807, 2.05) is 43.6 Å². The lowest BCUT2D eigenvalue weighted by Crippen LogP contribution is -2.38.